The van der Waals surface area contributed by atoms with Gasteiger partial charge in [-0.2, -0.15) is 4.98 Å². The summed E-state index contributed by atoms with van der Waals surface area (Å²) < 4.78 is 18.7. The molecule has 0 aliphatic carbocycles. The molecule has 2 unspecified atom stereocenters. The highest BCUT2D eigenvalue weighted by Crippen LogP contribution is 2.43. The van der Waals surface area contributed by atoms with Crippen LogP contribution < -0.4 is 15.3 Å². The summed E-state index contributed by atoms with van der Waals surface area (Å²) in [6, 6.07) is 22.5. The molecule has 1 fully saturated rings. The molecule has 8 heteroatoms. The van der Waals surface area contributed by atoms with Crippen LogP contribution in [0.1, 0.15) is 35.3 Å². The normalized spacial score (nSPS) is 19.4. The molecule has 3 heterocycles. The van der Waals surface area contributed by atoms with E-state index in [1.165, 1.54) is 12.1 Å². The zero-order chi connectivity index (χ0) is 23.9. The highest BCUT2D eigenvalue weighted by atomic mass is 19.1. The monoisotopic (exact) mass is 469 g/mol. The van der Waals surface area contributed by atoms with Crippen LogP contribution in [-0.2, 0) is 17.8 Å². The number of aromatic nitrogens is 2. The fourth-order valence-corrected chi connectivity index (χ4v) is 5.05. The Balaban J connectivity index is 1.33. The minimum Gasteiger partial charge on any atom is -0.339 e. The number of amides is 1. The van der Waals surface area contributed by atoms with Gasteiger partial charge in [0.2, 0.25) is 11.8 Å². The molecule has 35 heavy (non-hydrogen) atoms. The van der Waals surface area contributed by atoms with Crippen LogP contribution in [0.2, 0.25) is 0 Å². The molecule has 2 aliphatic rings. The zero-order valence-electron chi connectivity index (χ0n) is 19.2. The van der Waals surface area contributed by atoms with Gasteiger partial charge in [0.1, 0.15) is 5.82 Å². The Bertz CT molecular complexity index is 1370. The van der Waals surface area contributed by atoms with E-state index in [0.717, 1.165) is 28.2 Å². The molecule has 0 saturated carbocycles. The van der Waals surface area contributed by atoms with Gasteiger partial charge in [-0.15, -0.1) is 0 Å². The summed E-state index contributed by atoms with van der Waals surface area (Å²) >= 11 is 0. The van der Waals surface area contributed by atoms with Crippen molar-refractivity contribution in [3.63, 3.8) is 0 Å². The van der Waals surface area contributed by atoms with Crippen molar-refractivity contribution in [2.24, 2.45) is 5.92 Å². The third kappa shape index (κ3) is 3.95. The first-order chi connectivity index (χ1) is 17.1. The first-order valence-corrected chi connectivity index (χ1v) is 11.7. The Morgan fingerprint density at radius 2 is 1.83 bits per heavy atom. The Kier molecular flexibility index (Phi) is 5.30. The van der Waals surface area contributed by atoms with Crippen molar-refractivity contribution >= 4 is 23.0 Å². The summed E-state index contributed by atoms with van der Waals surface area (Å²) in [5.74, 6) is 0.591. The smallest absolute Gasteiger partial charge is 0.231 e. The molecule has 0 bridgehead atoms. The van der Waals surface area contributed by atoms with E-state index in [0.29, 0.717) is 31.1 Å². The van der Waals surface area contributed by atoms with E-state index in [4.69, 9.17) is 4.52 Å². The van der Waals surface area contributed by atoms with Gasteiger partial charge in [0.05, 0.1) is 17.4 Å². The van der Waals surface area contributed by atoms with Crippen molar-refractivity contribution in [2.75, 3.05) is 9.91 Å². The van der Waals surface area contributed by atoms with Gasteiger partial charge in [-0.25, -0.2) is 9.82 Å². The lowest BCUT2D eigenvalue weighted by Gasteiger charge is -2.26. The highest BCUT2D eigenvalue weighted by molar-refractivity contribution is 5.98. The van der Waals surface area contributed by atoms with Crippen LogP contribution in [0.5, 0.6) is 0 Å². The van der Waals surface area contributed by atoms with Crippen molar-refractivity contribution < 1.29 is 13.7 Å². The van der Waals surface area contributed by atoms with Crippen molar-refractivity contribution in [3.05, 3.63) is 101 Å². The molecule has 176 valence electrons. The molecule has 6 rings (SSSR count). The maximum Gasteiger partial charge on any atom is 0.231 e. The Hall–Kier alpha value is -4.04. The van der Waals surface area contributed by atoms with Crippen LogP contribution in [0, 0.1) is 18.7 Å². The number of carbonyl (C=O) groups excluding carboxylic acids is 1. The number of hydrazine groups is 1. The SMILES string of the molecule is Cc1noc(CC2CC(c3ccccc3)N(c3ccc4c(c3)CNN4c3ccc(F)cc3)C2=O)n1. The largest absolute Gasteiger partial charge is 0.339 e. The van der Waals surface area contributed by atoms with Crippen LogP contribution in [-0.4, -0.2) is 16.0 Å². The van der Waals surface area contributed by atoms with E-state index in [9.17, 15) is 9.18 Å². The van der Waals surface area contributed by atoms with Gasteiger partial charge in [-0.3, -0.25) is 9.80 Å². The number of rotatable bonds is 5. The number of carbonyl (C=O) groups is 1. The quantitative estimate of drug-likeness (QED) is 0.443. The van der Waals surface area contributed by atoms with Crippen molar-refractivity contribution in [1.29, 1.82) is 0 Å². The number of fused-ring (bicyclic) bond motifs is 1. The molecule has 3 aromatic carbocycles. The summed E-state index contributed by atoms with van der Waals surface area (Å²) in [5.41, 5.74) is 8.22. The topological polar surface area (TPSA) is 74.5 Å². The van der Waals surface area contributed by atoms with Gasteiger partial charge >= 0.3 is 0 Å². The molecule has 0 radical (unpaired) electrons. The summed E-state index contributed by atoms with van der Waals surface area (Å²) in [7, 11) is 0. The molecule has 2 aliphatic heterocycles. The highest BCUT2D eigenvalue weighted by Gasteiger charge is 2.42. The lowest BCUT2D eigenvalue weighted by Crippen LogP contribution is -2.30. The van der Waals surface area contributed by atoms with Crippen molar-refractivity contribution in [2.45, 2.75) is 32.4 Å². The zero-order valence-corrected chi connectivity index (χ0v) is 19.2. The second-order valence-electron chi connectivity index (χ2n) is 8.97. The lowest BCUT2D eigenvalue weighted by molar-refractivity contribution is -0.120. The molecule has 4 aromatic rings. The second kappa shape index (κ2) is 8.63. The molecule has 1 saturated heterocycles. The predicted molar refractivity (Wildman–Crippen MR) is 129 cm³/mol. The Morgan fingerprint density at radius 3 is 2.57 bits per heavy atom. The number of nitrogens with zero attached hydrogens (tertiary/aromatic N) is 4. The number of nitrogens with one attached hydrogen (secondary N) is 1. The van der Waals surface area contributed by atoms with Crippen LogP contribution in [0.4, 0.5) is 21.5 Å². The minimum atomic E-state index is -0.270. The van der Waals surface area contributed by atoms with Crippen LogP contribution in [0.3, 0.4) is 0 Å². The van der Waals surface area contributed by atoms with Crippen LogP contribution >= 0.6 is 0 Å². The Morgan fingerprint density at radius 1 is 1.06 bits per heavy atom. The maximum absolute atomic E-state index is 13.7. The van der Waals surface area contributed by atoms with E-state index < -0.39 is 0 Å². The van der Waals surface area contributed by atoms with E-state index in [-0.39, 0.29) is 23.7 Å². The molecular formula is C27H24FN5O2. The van der Waals surface area contributed by atoms with Crippen molar-refractivity contribution in [3.8, 4) is 0 Å². The van der Waals surface area contributed by atoms with E-state index in [1.54, 1.807) is 19.1 Å². The number of anilines is 3. The molecule has 1 N–H and O–H groups in total. The van der Waals surface area contributed by atoms with Gasteiger partial charge < -0.3 is 9.42 Å². The second-order valence-corrected chi connectivity index (χ2v) is 8.97. The Labute approximate surface area is 202 Å². The molecule has 1 amide bonds. The van der Waals surface area contributed by atoms with Gasteiger partial charge in [0.15, 0.2) is 5.82 Å². The molecule has 1 aromatic heterocycles. The summed E-state index contributed by atoms with van der Waals surface area (Å²) in [6.45, 7) is 2.39. The predicted octanol–water partition coefficient (Wildman–Crippen LogP) is 5.01. The fraction of sp³-hybridized carbons (Fsp3) is 0.222. The average Bonchev–Trinajstić information content (AvgIpc) is 3.57. The number of hydrogen-bond acceptors (Lipinski definition) is 6. The number of halogens is 1. The average molecular weight is 470 g/mol. The number of hydrogen-bond donors (Lipinski definition) is 1. The summed E-state index contributed by atoms with van der Waals surface area (Å²) in [6.07, 6.45) is 1.09. The van der Waals surface area contributed by atoms with E-state index in [2.05, 4.69) is 33.8 Å². The summed E-state index contributed by atoms with van der Waals surface area (Å²) in [5, 5.41) is 5.82. The van der Waals surface area contributed by atoms with Gasteiger partial charge in [-0.05, 0) is 66.9 Å². The first-order valence-electron chi connectivity index (χ1n) is 11.7. The molecular weight excluding hydrogens is 445 g/mol. The number of aryl methyl sites for hydroxylation is 1. The lowest BCUT2D eigenvalue weighted by atomic mass is 9.97. The fourth-order valence-electron chi connectivity index (χ4n) is 5.05. The third-order valence-electron chi connectivity index (χ3n) is 6.68. The van der Waals surface area contributed by atoms with Crippen molar-refractivity contribution in [1.82, 2.24) is 15.6 Å². The van der Waals surface area contributed by atoms with Gasteiger partial charge in [-0.1, -0.05) is 35.5 Å². The minimum absolute atomic E-state index is 0.0519. The molecule has 2 atom stereocenters. The third-order valence-corrected chi connectivity index (χ3v) is 6.68. The standard InChI is InChI=1S/C27H24FN5O2/c1-17-30-26(35-31-17)15-19-14-25(18-5-3-2-4-6-18)32(27(19)34)23-11-12-24-20(13-23)16-29-33(24)22-9-7-21(28)8-10-22/h2-13,19,25,29H,14-16H2,1H3. The maximum atomic E-state index is 13.7. The van der Waals surface area contributed by atoms with Gasteiger partial charge in [0.25, 0.3) is 0 Å². The molecule has 7 nitrogen and oxygen atoms in total. The van der Waals surface area contributed by atoms with Crippen LogP contribution in [0.15, 0.2) is 77.3 Å². The first kappa shape index (κ1) is 21.5. The molecule has 0 spiro atoms. The van der Waals surface area contributed by atoms with Gasteiger partial charge in [0, 0.05) is 24.6 Å². The summed E-state index contributed by atoms with van der Waals surface area (Å²) in [4.78, 5) is 19.9. The van der Waals surface area contributed by atoms with Crippen LogP contribution in [0.25, 0.3) is 0 Å². The number of benzene rings is 3. The van der Waals surface area contributed by atoms with E-state index in [1.807, 2.05) is 40.2 Å². The van der Waals surface area contributed by atoms with E-state index >= 15 is 0 Å².